The van der Waals surface area contributed by atoms with Gasteiger partial charge in [-0.3, -0.25) is 4.79 Å². The van der Waals surface area contributed by atoms with Crippen molar-refractivity contribution in [3.63, 3.8) is 0 Å². The minimum Gasteiger partial charge on any atom is -0.481 e. The summed E-state index contributed by atoms with van der Waals surface area (Å²) in [6.45, 7) is 5.38. The van der Waals surface area contributed by atoms with E-state index in [0.29, 0.717) is 18.9 Å². The molecule has 7 N–H and O–H groups in total. The van der Waals surface area contributed by atoms with Gasteiger partial charge < -0.3 is 36.4 Å². The van der Waals surface area contributed by atoms with Gasteiger partial charge in [-0.25, -0.2) is 0 Å². The zero-order valence-corrected chi connectivity index (χ0v) is 25.3. The zero-order valence-electron chi connectivity index (χ0n) is 25.3. The molecule has 8 nitrogen and oxygen atoms in total. The molecule has 8 heteroatoms. The number of rotatable bonds is 5. The highest BCUT2D eigenvalue weighted by atomic mass is 16.4. The van der Waals surface area contributed by atoms with Crippen molar-refractivity contribution in [1.82, 2.24) is 16.0 Å². The predicted octanol–water partition coefficient (Wildman–Crippen LogP) is 3.30. The highest BCUT2D eigenvalue weighted by molar-refractivity contribution is 5.68. The lowest BCUT2D eigenvalue weighted by Gasteiger charge is -2.42. The van der Waals surface area contributed by atoms with Crippen LogP contribution in [0.25, 0.3) is 0 Å². The summed E-state index contributed by atoms with van der Waals surface area (Å²) in [7, 11) is 0. The van der Waals surface area contributed by atoms with Gasteiger partial charge in [-0.2, -0.15) is 0 Å². The number of piperidine rings is 2. The van der Waals surface area contributed by atoms with Gasteiger partial charge in [0, 0.05) is 30.2 Å². The van der Waals surface area contributed by atoms with Crippen molar-refractivity contribution in [2.24, 2.45) is 5.92 Å². The molecule has 4 bridgehead atoms. The van der Waals surface area contributed by atoms with Crippen LogP contribution in [0, 0.1) is 5.92 Å². The lowest BCUT2D eigenvalue weighted by Crippen LogP contribution is -2.58. The van der Waals surface area contributed by atoms with Crippen molar-refractivity contribution < 1.29 is 25.2 Å². The van der Waals surface area contributed by atoms with Gasteiger partial charge in [0.25, 0.3) is 0 Å². The molecule has 0 amide bonds. The van der Waals surface area contributed by atoms with Crippen molar-refractivity contribution in [1.29, 1.82) is 0 Å². The Morgan fingerprint density at radius 2 is 1.83 bits per heavy atom. The second-order valence-corrected chi connectivity index (χ2v) is 13.9. The average molecular weight is 574 g/mol. The summed E-state index contributed by atoms with van der Waals surface area (Å²) >= 11 is 0. The van der Waals surface area contributed by atoms with Crippen LogP contribution in [0.2, 0.25) is 0 Å². The average Bonchev–Trinajstić information content (AvgIpc) is 2.90. The van der Waals surface area contributed by atoms with Crippen LogP contribution in [0.5, 0.6) is 0 Å². The Bertz CT molecular complexity index is 978. The Hall–Kier alpha value is -1.55. The molecule has 0 aromatic heterocycles. The Morgan fingerprint density at radius 3 is 2.59 bits per heavy atom. The summed E-state index contributed by atoms with van der Waals surface area (Å²) in [6, 6.07) is 9.40. The third-order valence-corrected chi connectivity index (χ3v) is 10.0. The Labute approximate surface area is 246 Å². The molecule has 2 saturated heterocycles. The van der Waals surface area contributed by atoms with Crippen LogP contribution in [0.3, 0.4) is 0 Å². The molecular weight excluding hydrogens is 518 g/mol. The van der Waals surface area contributed by atoms with E-state index in [4.69, 9.17) is 0 Å². The summed E-state index contributed by atoms with van der Waals surface area (Å²) in [5.74, 6) is -0.810. The van der Waals surface area contributed by atoms with E-state index in [2.05, 4.69) is 47.1 Å². The smallest absolute Gasteiger partial charge is 0.306 e. The van der Waals surface area contributed by atoms with Gasteiger partial charge in [-0.15, -0.1) is 0 Å². The number of β-amino-alcohol motifs (C(OH)–C–C–N with tert-alkyl or cyclic N) is 1. The molecule has 4 rings (SSSR count). The number of hydrogen-bond acceptors (Lipinski definition) is 7. The summed E-state index contributed by atoms with van der Waals surface area (Å²) in [6.07, 6.45) is 10.1. The number of aliphatic carboxylic acids is 1. The van der Waals surface area contributed by atoms with Gasteiger partial charge in [-0.05, 0) is 95.2 Å². The molecule has 1 aromatic carbocycles. The van der Waals surface area contributed by atoms with Crippen LogP contribution in [0.15, 0.2) is 24.3 Å². The standard InChI is InChI=1S/C33H55N3O5/c1-23-29(37)12-11-27(36-23)19-30(38)26-10-5-3-4-6-13-33(41,21-31(39)40)22-35-32(2)14-15-34-28(20-32)18-25-9-7-8-24(16-25)17-26/h7-9,16,23,26-30,34-38,41H,3-6,10-15,17-22H2,1-2H3,(H,39,40). The van der Waals surface area contributed by atoms with Gasteiger partial charge in [0.2, 0.25) is 0 Å². The van der Waals surface area contributed by atoms with E-state index >= 15 is 0 Å². The molecule has 2 fully saturated rings. The summed E-state index contributed by atoms with van der Waals surface area (Å²) in [4.78, 5) is 11.6. The number of aliphatic hydroxyl groups excluding tert-OH is 2. The number of carboxylic acids is 1. The molecular formula is C33H55N3O5. The normalized spacial score (nSPS) is 37.0. The predicted molar refractivity (Wildman–Crippen MR) is 162 cm³/mol. The number of carboxylic acid groups (broad SMARTS) is 1. The maximum absolute atomic E-state index is 11.6. The third-order valence-electron chi connectivity index (χ3n) is 10.0. The van der Waals surface area contributed by atoms with Crippen LogP contribution in [0.1, 0.15) is 102 Å². The largest absolute Gasteiger partial charge is 0.481 e. The molecule has 0 saturated carbocycles. The first-order valence-electron chi connectivity index (χ1n) is 16.2. The lowest BCUT2D eigenvalue weighted by atomic mass is 9.81. The fraction of sp³-hybridized carbons (Fsp3) is 0.788. The Balaban J connectivity index is 1.49. The maximum atomic E-state index is 11.6. The van der Waals surface area contributed by atoms with Crippen molar-refractivity contribution in [3.8, 4) is 0 Å². The molecule has 0 spiro atoms. The van der Waals surface area contributed by atoms with E-state index in [1.54, 1.807) is 0 Å². The summed E-state index contributed by atoms with van der Waals surface area (Å²) in [5.41, 5.74) is 1.15. The van der Waals surface area contributed by atoms with E-state index in [1.807, 2.05) is 6.92 Å². The van der Waals surface area contributed by atoms with E-state index in [1.165, 1.54) is 11.1 Å². The van der Waals surface area contributed by atoms with Crippen molar-refractivity contribution in [2.45, 2.75) is 145 Å². The zero-order chi connectivity index (χ0) is 29.5. The van der Waals surface area contributed by atoms with Gasteiger partial charge in [-0.1, -0.05) is 49.9 Å². The highest BCUT2D eigenvalue weighted by Crippen LogP contribution is 2.29. The van der Waals surface area contributed by atoms with Crippen molar-refractivity contribution in [3.05, 3.63) is 35.4 Å². The minimum atomic E-state index is -1.26. The number of carbonyl (C=O) groups is 1. The van der Waals surface area contributed by atoms with E-state index in [9.17, 15) is 25.2 Å². The minimum absolute atomic E-state index is 0.0492. The van der Waals surface area contributed by atoms with Crippen LogP contribution >= 0.6 is 0 Å². The number of hydrogen-bond donors (Lipinski definition) is 7. The second kappa shape index (κ2) is 14.8. The number of benzene rings is 1. The molecule has 0 radical (unpaired) electrons. The molecule has 41 heavy (non-hydrogen) atoms. The van der Waals surface area contributed by atoms with Crippen molar-refractivity contribution in [2.75, 3.05) is 13.1 Å². The van der Waals surface area contributed by atoms with E-state index < -0.39 is 17.7 Å². The van der Waals surface area contributed by atoms with Crippen molar-refractivity contribution >= 4 is 5.97 Å². The SMILES string of the molecule is CC1NC(CC(O)C2CCCCCCC(O)(CC(=O)O)CNC3(C)CCNC(Cc4cccc(c4)C2)C3)CCC1O. The molecule has 8 atom stereocenters. The maximum Gasteiger partial charge on any atom is 0.306 e. The number of aliphatic hydroxyl groups is 3. The molecule has 1 aromatic rings. The topological polar surface area (TPSA) is 134 Å². The van der Waals surface area contributed by atoms with Gasteiger partial charge in [0.05, 0.1) is 24.2 Å². The lowest BCUT2D eigenvalue weighted by molar-refractivity contribution is -0.143. The fourth-order valence-corrected chi connectivity index (χ4v) is 7.45. The van der Waals surface area contributed by atoms with E-state index in [-0.39, 0.29) is 42.6 Å². The molecule has 232 valence electrons. The van der Waals surface area contributed by atoms with Gasteiger partial charge in [0.15, 0.2) is 0 Å². The van der Waals surface area contributed by atoms with Crippen LogP contribution in [-0.4, -0.2) is 81.0 Å². The van der Waals surface area contributed by atoms with E-state index in [0.717, 1.165) is 77.2 Å². The third kappa shape index (κ3) is 10.0. The van der Waals surface area contributed by atoms with Gasteiger partial charge >= 0.3 is 5.97 Å². The van der Waals surface area contributed by atoms with Crippen LogP contribution in [0.4, 0.5) is 0 Å². The highest BCUT2D eigenvalue weighted by Gasteiger charge is 2.36. The molecule has 3 heterocycles. The van der Waals surface area contributed by atoms with Gasteiger partial charge in [0.1, 0.15) is 0 Å². The first-order chi connectivity index (χ1) is 19.5. The summed E-state index contributed by atoms with van der Waals surface area (Å²) in [5, 5.41) is 53.2. The fourth-order valence-electron chi connectivity index (χ4n) is 7.45. The molecule has 3 aliphatic heterocycles. The molecule has 0 aliphatic carbocycles. The monoisotopic (exact) mass is 573 g/mol. The number of nitrogens with one attached hydrogen (secondary N) is 3. The number of fused-ring (bicyclic) bond motifs is 4. The first-order valence-corrected chi connectivity index (χ1v) is 16.2. The van der Waals surface area contributed by atoms with Crippen LogP contribution in [-0.2, 0) is 17.6 Å². The first kappa shape index (κ1) is 32.4. The Morgan fingerprint density at radius 1 is 1.07 bits per heavy atom. The van der Waals surface area contributed by atoms with Crippen LogP contribution < -0.4 is 16.0 Å². The molecule has 8 unspecified atom stereocenters. The Kier molecular flexibility index (Phi) is 11.6. The molecule has 3 aliphatic rings. The summed E-state index contributed by atoms with van der Waals surface area (Å²) < 4.78 is 0. The quantitative estimate of drug-likeness (QED) is 0.285. The second-order valence-electron chi connectivity index (χ2n) is 13.9.